The van der Waals surface area contributed by atoms with Crippen molar-refractivity contribution in [1.82, 2.24) is 0 Å². The maximum absolute atomic E-state index is 14.2. The minimum Gasteiger partial charge on any atom is -0.367 e. The van der Waals surface area contributed by atoms with Crippen molar-refractivity contribution in [3.05, 3.63) is 62.8 Å². The van der Waals surface area contributed by atoms with Gasteiger partial charge in [0.1, 0.15) is 11.4 Å². The maximum atomic E-state index is 14.2. The van der Waals surface area contributed by atoms with Gasteiger partial charge in [-0.1, -0.05) is 34.1 Å². The van der Waals surface area contributed by atoms with Crippen LogP contribution in [0.5, 0.6) is 0 Å². The van der Waals surface area contributed by atoms with Crippen LogP contribution in [0.25, 0.3) is 0 Å². The van der Waals surface area contributed by atoms with Crippen LogP contribution in [0.15, 0.2) is 51.4 Å². The van der Waals surface area contributed by atoms with Gasteiger partial charge in [0.25, 0.3) is 0 Å². The maximum Gasteiger partial charge on any atom is 0.247 e. The quantitative estimate of drug-likeness (QED) is 0.787. The molecule has 2 aromatic rings. The summed E-state index contributed by atoms with van der Waals surface area (Å²) in [6.45, 7) is 1.56. The molecule has 1 amide bonds. The lowest BCUT2D eigenvalue weighted by Gasteiger charge is -2.30. The second-order valence-corrected chi connectivity index (χ2v) is 6.49. The Morgan fingerprint density at radius 2 is 1.90 bits per heavy atom. The van der Waals surface area contributed by atoms with Gasteiger partial charge in [-0.15, -0.1) is 0 Å². The summed E-state index contributed by atoms with van der Waals surface area (Å²) in [6, 6.07) is 11.8. The normalized spacial score (nSPS) is 13.5. The fourth-order valence-electron chi connectivity index (χ4n) is 1.99. The molecular formula is C15H13Br2FN2O. The zero-order valence-corrected chi connectivity index (χ0v) is 14.3. The second kappa shape index (κ2) is 6.15. The number of anilines is 1. The summed E-state index contributed by atoms with van der Waals surface area (Å²) >= 11 is 6.58. The number of nitrogens with two attached hydrogens (primary N) is 1. The molecule has 3 nitrogen and oxygen atoms in total. The van der Waals surface area contributed by atoms with E-state index in [0.717, 1.165) is 4.47 Å². The minimum atomic E-state index is -1.37. The molecule has 3 N–H and O–H groups in total. The molecule has 2 rings (SSSR count). The number of nitrogens with one attached hydrogen (secondary N) is 1. The predicted octanol–water partition coefficient (Wildman–Crippen LogP) is 4.16. The number of carbonyl (C=O) groups excluding carboxylic acids is 1. The van der Waals surface area contributed by atoms with Gasteiger partial charge in [-0.3, -0.25) is 4.79 Å². The molecule has 0 saturated heterocycles. The third-order valence-corrected chi connectivity index (χ3v) is 4.41. The highest BCUT2D eigenvalue weighted by Crippen LogP contribution is 2.32. The van der Waals surface area contributed by atoms with Crippen LogP contribution in [-0.4, -0.2) is 5.91 Å². The van der Waals surface area contributed by atoms with E-state index in [9.17, 15) is 9.18 Å². The smallest absolute Gasteiger partial charge is 0.247 e. The first kappa shape index (κ1) is 16.0. The van der Waals surface area contributed by atoms with Crippen LogP contribution in [-0.2, 0) is 10.3 Å². The Bertz CT molecular complexity index is 693. The van der Waals surface area contributed by atoms with Crippen LogP contribution < -0.4 is 11.1 Å². The van der Waals surface area contributed by atoms with Crippen LogP contribution in [0.1, 0.15) is 12.5 Å². The number of para-hydroxylation sites is 1. The van der Waals surface area contributed by atoms with Gasteiger partial charge in [0.05, 0.1) is 0 Å². The van der Waals surface area contributed by atoms with E-state index in [4.69, 9.17) is 5.73 Å². The zero-order valence-electron chi connectivity index (χ0n) is 11.2. The average molecular weight is 416 g/mol. The molecule has 0 fully saturated rings. The molecule has 0 aliphatic carbocycles. The highest BCUT2D eigenvalue weighted by molar-refractivity contribution is 9.10. The summed E-state index contributed by atoms with van der Waals surface area (Å²) in [6.07, 6.45) is 0. The summed E-state index contributed by atoms with van der Waals surface area (Å²) in [4.78, 5) is 11.9. The Labute approximate surface area is 139 Å². The Balaban J connectivity index is 2.51. The van der Waals surface area contributed by atoms with E-state index >= 15 is 0 Å². The lowest BCUT2D eigenvalue weighted by Crippen LogP contribution is -2.45. The molecule has 1 atom stereocenters. The Morgan fingerprint density at radius 1 is 1.24 bits per heavy atom. The first-order valence-corrected chi connectivity index (χ1v) is 7.71. The van der Waals surface area contributed by atoms with Gasteiger partial charge in [0, 0.05) is 20.2 Å². The van der Waals surface area contributed by atoms with Crippen LogP contribution in [0.4, 0.5) is 10.1 Å². The van der Waals surface area contributed by atoms with Crippen molar-refractivity contribution in [2.45, 2.75) is 12.5 Å². The first-order valence-electron chi connectivity index (χ1n) is 6.13. The molecule has 2 aromatic carbocycles. The standard InChI is InChI=1S/C15H13Br2FN2O/c1-15(14(19)21,10-7-6-9(16)8-12(10)18)20-13-5-3-2-4-11(13)17/h2-8,20H,1H3,(H2,19,21). The molecule has 0 aromatic heterocycles. The summed E-state index contributed by atoms with van der Waals surface area (Å²) in [5, 5.41) is 3.02. The molecule has 0 aliphatic rings. The van der Waals surface area contributed by atoms with E-state index in [0.29, 0.717) is 10.2 Å². The fraction of sp³-hybridized carbons (Fsp3) is 0.133. The van der Waals surface area contributed by atoms with E-state index in [1.165, 1.54) is 12.1 Å². The SMILES string of the molecule is CC(Nc1ccccc1Br)(C(N)=O)c1ccc(Br)cc1F. The molecule has 0 aliphatic heterocycles. The van der Waals surface area contributed by atoms with E-state index in [1.54, 1.807) is 19.1 Å². The summed E-state index contributed by atoms with van der Waals surface area (Å²) in [5.41, 5.74) is 4.99. The van der Waals surface area contributed by atoms with Gasteiger partial charge >= 0.3 is 0 Å². The van der Waals surface area contributed by atoms with E-state index in [2.05, 4.69) is 37.2 Å². The minimum absolute atomic E-state index is 0.189. The Hall–Kier alpha value is -1.40. The molecule has 0 bridgehead atoms. The van der Waals surface area contributed by atoms with Crippen LogP contribution in [0.3, 0.4) is 0 Å². The van der Waals surface area contributed by atoms with Crippen molar-refractivity contribution in [1.29, 1.82) is 0 Å². The molecule has 0 heterocycles. The van der Waals surface area contributed by atoms with E-state index in [1.807, 2.05) is 18.2 Å². The van der Waals surface area contributed by atoms with Gasteiger partial charge < -0.3 is 11.1 Å². The van der Waals surface area contributed by atoms with E-state index in [-0.39, 0.29) is 5.56 Å². The summed E-state index contributed by atoms with van der Waals surface area (Å²) in [7, 11) is 0. The lowest BCUT2D eigenvalue weighted by molar-refractivity contribution is -0.122. The third-order valence-electron chi connectivity index (χ3n) is 3.22. The number of halogens is 3. The monoisotopic (exact) mass is 414 g/mol. The predicted molar refractivity (Wildman–Crippen MR) is 88.4 cm³/mol. The van der Waals surface area contributed by atoms with Crippen molar-refractivity contribution >= 4 is 43.5 Å². The topological polar surface area (TPSA) is 55.1 Å². The van der Waals surface area contributed by atoms with Gasteiger partial charge in [-0.2, -0.15) is 0 Å². The number of primary amides is 1. The number of rotatable bonds is 4. The van der Waals surface area contributed by atoms with Gasteiger partial charge in [-0.25, -0.2) is 4.39 Å². The van der Waals surface area contributed by atoms with Gasteiger partial charge in [0.15, 0.2) is 0 Å². The average Bonchev–Trinajstić information content (AvgIpc) is 2.41. The summed E-state index contributed by atoms with van der Waals surface area (Å²) in [5.74, 6) is -1.18. The molecule has 0 radical (unpaired) electrons. The first-order chi connectivity index (χ1) is 9.84. The Kier molecular flexibility index (Phi) is 4.68. The number of amides is 1. The van der Waals surface area contributed by atoms with E-state index < -0.39 is 17.3 Å². The van der Waals surface area contributed by atoms with Crippen LogP contribution in [0, 0.1) is 5.82 Å². The highest BCUT2D eigenvalue weighted by atomic mass is 79.9. The highest BCUT2D eigenvalue weighted by Gasteiger charge is 2.36. The van der Waals surface area contributed by atoms with Gasteiger partial charge in [0.2, 0.25) is 5.91 Å². The fourth-order valence-corrected chi connectivity index (χ4v) is 2.71. The number of hydrogen-bond donors (Lipinski definition) is 2. The summed E-state index contributed by atoms with van der Waals surface area (Å²) < 4.78 is 15.6. The van der Waals surface area contributed by atoms with Crippen LogP contribution in [0.2, 0.25) is 0 Å². The van der Waals surface area contributed by atoms with Crippen molar-refractivity contribution in [2.75, 3.05) is 5.32 Å². The van der Waals surface area contributed by atoms with Crippen molar-refractivity contribution in [3.63, 3.8) is 0 Å². The third kappa shape index (κ3) is 3.27. The van der Waals surface area contributed by atoms with Crippen molar-refractivity contribution in [2.24, 2.45) is 5.73 Å². The van der Waals surface area contributed by atoms with Crippen molar-refractivity contribution < 1.29 is 9.18 Å². The van der Waals surface area contributed by atoms with Gasteiger partial charge in [-0.05, 0) is 47.1 Å². The molecule has 0 spiro atoms. The molecule has 1 unspecified atom stereocenters. The van der Waals surface area contributed by atoms with Crippen LogP contribution >= 0.6 is 31.9 Å². The van der Waals surface area contributed by atoms with Crippen molar-refractivity contribution in [3.8, 4) is 0 Å². The molecule has 0 saturated carbocycles. The number of carbonyl (C=O) groups is 1. The molecular weight excluding hydrogens is 403 g/mol. The number of hydrogen-bond acceptors (Lipinski definition) is 2. The molecule has 21 heavy (non-hydrogen) atoms. The largest absolute Gasteiger partial charge is 0.367 e. The lowest BCUT2D eigenvalue weighted by atomic mass is 9.90. The number of benzene rings is 2. The molecule has 6 heteroatoms. The second-order valence-electron chi connectivity index (χ2n) is 4.72. The molecule has 110 valence electrons. The Morgan fingerprint density at radius 3 is 2.48 bits per heavy atom. The zero-order chi connectivity index (χ0) is 15.6.